The lowest BCUT2D eigenvalue weighted by Gasteiger charge is -2.07. The van der Waals surface area contributed by atoms with Gasteiger partial charge in [-0.25, -0.2) is 0 Å². The van der Waals surface area contributed by atoms with Crippen molar-refractivity contribution >= 4 is 5.69 Å². The van der Waals surface area contributed by atoms with Crippen LogP contribution in [0.15, 0.2) is 42.5 Å². The van der Waals surface area contributed by atoms with E-state index in [-0.39, 0.29) is 17.7 Å². The maximum absolute atomic E-state index is 10.7. The van der Waals surface area contributed by atoms with E-state index in [9.17, 15) is 20.3 Å². The summed E-state index contributed by atoms with van der Waals surface area (Å²) in [6.07, 6.45) is 0.236. The van der Waals surface area contributed by atoms with Gasteiger partial charge in [-0.2, -0.15) is 0 Å². The van der Waals surface area contributed by atoms with Crippen LogP contribution in [-0.4, -0.2) is 15.1 Å². The standard InChI is InChI=1S/C13H11NO4/c15-12-7-6-11(14(17)18)13(16)10(12)8-9-4-2-1-3-5-9/h1-7,15-16H,8H2. The van der Waals surface area contributed by atoms with E-state index in [1.54, 1.807) is 0 Å². The van der Waals surface area contributed by atoms with Crippen LogP contribution in [0.2, 0.25) is 0 Å². The zero-order valence-electron chi connectivity index (χ0n) is 9.41. The SMILES string of the molecule is O=[N+]([O-])c1ccc(O)c(Cc2ccccc2)c1O. The molecular weight excluding hydrogens is 234 g/mol. The van der Waals surface area contributed by atoms with Gasteiger partial charge in [0, 0.05) is 18.1 Å². The number of hydrogen-bond acceptors (Lipinski definition) is 4. The second-order valence-electron chi connectivity index (χ2n) is 3.85. The topological polar surface area (TPSA) is 83.6 Å². The molecule has 5 heteroatoms. The van der Waals surface area contributed by atoms with Crippen molar-refractivity contribution in [3.8, 4) is 11.5 Å². The van der Waals surface area contributed by atoms with Gasteiger partial charge in [0.1, 0.15) is 5.75 Å². The molecule has 5 nitrogen and oxygen atoms in total. The highest BCUT2D eigenvalue weighted by Gasteiger charge is 2.20. The third kappa shape index (κ3) is 2.24. The fourth-order valence-electron chi connectivity index (χ4n) is 1.73. The first-order valence-corrected chi connectivity index (χ1v) is 5.31. The number of nitrogens with zero attached hydrogens (tertiary/aromatic N) is 1. The molecule has 0 fully saturated rings. The molecule has 2 aromatic rings. The molecule has 0 saturated heterocycles. The monoisotopic (exact) mass is 245 g/mol. The lowest BCUT2D eigenvalue weighted by molar-refractivity contribution is -0.385. The van der Waals surface area contributed by atoms with Crippen LogP contribution >= 0.6 is 0 Å². The van der Waals surface area contributed by atoms with E-state index in [1.807, 2.05) is 30.3 Å². The largest absolute Gasteiger partial charge is 0.508 e. The second kappa shape index (κ2) is 4.75. The van der Waals surface area contributed by atoms with Crippen molar-refractivity contribution in [2.75, 3.05) is 0 Å². The highest BCUT2D eigenvalue weighted by Crippen LogP contribution is 2.36. The van der Waals surface area contributed by atoms with Gasteiger partial charge in [-0.05, 0) is 11.6 Å². The maximum Gasteiger partial charge on any atom is 0.311 e. The predicted octanol–water partition coefficient (Wildman–Crippen LogP) is 2.60. The highest BCUT2D eigenvalue weighted by molar-refractivity contribution is 5.57. The van der Waals surface area contributed by atoms with Gasteiger partial charge in [0.15, 0.2) is 0 Å². The molecule has 0 heterocycles. The number of nitro groups is 1. The molecule has 0 aliphatic carbocycles. The zero-order valence-corrected chi connectivity index (χ0v) is 9.41. The third-order valence-electron chi connectivity index (χ3n) is 2.66. The van der Waals surface area contributed by atoms with Gasteiger partial charge >= 0.3 is 5.69 Å². The molecule has 0 aliphatic heterocycles. The molecule has 2 N–H and O–H groups in total. The van der Waals surface area contributed by atoms with Crippen LogP contribution in [-0.2, 0) is 6.42 Å². The Balaban J connectivity index is 2.44. The quantitative estimate of drug-likeness (QED) is 0.643. The summed E-state index contributed by atoms with van der Waals surface area (Å²) in [6, 6.07) is 11.4. The highest BCUT2D eigenvalue weighted by atomic mass is 16.6. The summed E-state index contributed by atoms with van der Waals surface area (Å²) < 4.78 is 0. The first-order valence-electron chi connectivity index (χ1n) is 5.31. The maximum atomic E-state index is 10.7. The fourth-order valence-corrected chi connectivity index (χ4v) is 1.73. The minimum absolute atomic E-state index is 0.151. The molecule has 0 aromatic heterocycles. The van der Waals surface area contributed by atoms with Gasteiger partial charge in [0.05, 0.1) is 4.92 Å². The van der Waals surface area contributed by atoms with Crippen LogP contribution < -0.4 is 0 Å². The van der Waals surface area contributed by atoms with Crippen LogP contribution in [0.3, 0.4) is 0 Å². The molecule has 0 aliphatic rings. The summed E-state index contributed by atoms with van der Waals surface area (Å²) in [5.41, 5.74) is 0.609. The van der Waals surface area contributed by atoms with E-state index in [0.717, 1.165) is 11.6 Å². The van der Waals surface area contributed by atoms with Gasteiger partial charge < -0.3 is 10.2 Å². The molecule has 0 unspecified atom stereocenters. The van der Waals surface area contributed by atoms with Gasteiger partial charge in [-0.15, -0.1) is 0 Å². The Labute approximate surface area is 103 Å². The molecule has 2 aromatic carbocycles. The molecule has 0 atom stereocenters. The lowest BCUT2D eigenvalue weighted by Crippen LogP contribution is -1.94. The number of rotatable bonds is 3. The Hall–Kier alpha value is -2.56. The van der Waals surface area contributed by atoms with E-state index < -0.39 is 16.4 Å². The second-order valence-corrected chi connectivity index (χ2v) is 3.85. The van der Waals surface area contributed by atoms with Crippen LogP contribution in [0.25, 0.3) is 0 Å². The number of nitro benzene ring substituents is 1. The molecule has 0 radical (unpaired) electrons. The molecule has 92 valence electrons. The summed E-state index contributed by atoms with van der Waals surface area (Å²) in [6.45, 7) is 0. The number of hydrogen-bond donors (Lipinski definition) is 2. The van der Waals surface area contributed by atoms with E-state index in [0.29, 0.717) is 0 Å². The minimum Gasteiger partial charge on any atom is -0.508 e. The third-order valence-corrected chi connectivity index (χ3v) is 2.66. The number of phenolic OH excluding ortho intramolecular Hbond substituents is 2. The lowest BCUT2D eigenvalue weighted by atomic mass is 10.0. The van der Waals surface area contributed by atoms with Gasteiger partial charge in [-0.1, -0.05) is 30.3 Å². The van der Waals surface area contributed by atoms with E-state index in [4.69, 9.17) is 0 Å². The van der Waals surface area contributed by atoms with Crippen LogP contribution in [0.1, 0.15) is 11.1 Å². The normalized spacial score (nSPS) is 10.2. The summed E-state index contributed by atoms with van der Waals surface area (Å²) in [4.78, 5) is 10.0. The van der Waals surface area contributed by atoms with Gasteiger partial charge in [-0.3, -0.25) is 10.1 Å². The summed E-state index contributed by atoms with van der Waals surface area (Å²) in [7, 11) is 0. The van der Waals surface area contributed by atoms with Gasteiger partial charge in [0.25, 0.3) is 0 Å². The van der Waals surface area contributed by atoms with Crippen LogP contribution in [0.5, 0.6) is 11.5 Å². The molecule has 0 bridgehead atoms. The predicted molar refractivity (Wildman–Crippen MR) is 65.7 cm³/mol. The number of phenols is 2. The fraction of sp³-hybridized carbons (Fsp3) is 0.0769. The van der Waals surface area contributed by atoms with E-state index in [2.05, 4.69) is 0 Å². The molecule has 2 rings (SSSR count). The average Bonchev–Trinajstić information content (AvgIpc) is 2.35. The van der Waals surface area contributed by atoms with Gasteiger partial charge in [0.2, 0.25) is 5.75 Å². The minimum atomic E-state index is -0.677. The van der Waals surface area contributed by atoms with Crippen molar-refractivity contribution in [1.29, 1.82) is 0 Å². The van der Waals surface area contributed by atoms with Crippen molar-refractivity contribution in [2.24, 2.45) is 0 Å². The Morgan fingerprint density at radius 3 is 2.33 bits per heavy atom. The molecule has 0 amide bonds. The molecular formula is C13H11NO4. The van der Waals surface area contributed by atoms with Crippen molar-refractivity contribution in [2.45, 2.75) is 6.42 Å². The first-order chi connectivity index (χ1) is 8.59. The molecule has 0 spiro atoms. The number of aromatic hydroxyl groups is 2. The molecule has 0 saturated carbocycles. The summed E-state index contributed by atoms with van der Waals surface area (Å²) in [5, 5.41) is 30.2. The Bertz CT molecular complexity index is 581. The summed E-state index contributed by atoms with van der Waals surface area (Å²) >= 11 is 0. The Morgan fingerprint density at radius 2 is 1.72 bits per heavy atom. The van der Waals surface area contributed by atoms with Crippen molar-refractivity contribution < 1.29 is 15.1 Å². The Morgan fingerprint density at radius 1 is 1.06 bits per heavy atom. The van der Waals surface area contributed by atoms with Crippen molar-refractivity contribution in [1.82, 2.24) is 0 Å². The van der Waals surface area contributed by atoms with E-state index in [1.165, 1.54) is 6.07 Å². The zero-order chi connectivity index (χ0) is 13.1. The summed E-state index contributed by atoms with van der Waals surface area (Å²) in [5.74, 6) is -0.634. The van der Waals surface area contributed by atoms with Crippen molar-refractivity contribution in [3.05, 3.63) is 63.7 Å². The van der Waals surface area contributed by atoms with Crippen LogP contribution in [0, 0.1) is 10.1 Å². The van der Waals surface area contributed by atoms with E-state index >= 15 is 0 Å². The number of benzene rings is 2. The smallest absolute Gasteiger partial charge is 0.311 e. The van der Waals surface area contributed by atoms with Crippen LogP contribution in [0.4, 0.5) is 5.69 Å². The molecule has 18 heavy (non-hydrogen) atoms. The Kier molecular flexibility index (Phi) is 3.14. The average molecular weight is 245 g/mol. The first kappa shape index (κ1) is 11.9. The van der Waals surface area contributed by atoms with Crippen molar-refractivity contribution in [3.63, 3.8) is 0 Å².